The number of benzene rings is 2. The smallest absolute Gasteiger partial charge is 0.130 e. The highest BCUT2D eigenvalue weighted by atomic mass is 15.3. The minimum absolute atomic E-state index is 0.0532. The van der Waals surface area contributed by atoms with Gasteiger partial charge in [0.15, 0.2) is 0 Å². The Kier molecular flexibility index (Phi) is 4.23. The maximum absolute atomic E-state index is 9.06. The van der Waals surface area contributed by atoms with Crippen molar-refractivity contribution in [3.05, 3.63) is 77.5 Å². The molecule has 0 N–H and O–H groups in total. The lowest BCUT2D eigenvalue weighted by Crippen LogP contribution is -1.94. The predicted molar refractivity (Wildman–Crippen MR) is 92.9 cm³/mol. The normalized spacial score (nSPS) is 9.79. The van der Waals surface area contributed by atoms with Crippen molar-refractivity contribution in [3.8, 4) is 29.1 Å². The molecule has 0 radical (unpaired) electrons. The second-order valence-electron chi connectivity index (χ2n) is 5.31. The molecule has 0 atom stereocenters. The summed E-state index contributed by atoms with van der Waals surface area (Å²) >= 11 is 0. The first-order valence-electron chi connectivity index (χ1n) is 7.46. The predicted octanol–water partition coefficient (Wildman–Crippen LogP) is 4.28. The molecule has 2 aromatic carbocycles. The molecule has 0 aliphatic carbocycles. The lowest BCUT2D eigenvalue weighted by atomic mass is 10.0. The molecule has 114 valence electrons. The van der Waals surface area contributed by atoms with Gasteiger partial charge in [-0.05, 0) is 30.7 Å². The van der Waals surface area contributed by atoms with E-state index in [1.165, 1.54) is 0 Å². The van der Waals surface area contributed by atoms with Gasteiger partial charge in [0.2, 0.25) is 0 Å². The number of rotatable bonds is 3. The largest absolute Gasteiger partial charge is 0.240 e. The van der Waals surface area contributed by atoms with Crippen LogP contribution in [-0.2, 0) is 0 Å². The highest BCUT2D eigenvalue weighted by Gasteiger charge is 2.13. The van der Waals surface area contributed by atoms with Gasteiger partial charge in [-0.15, -0.1) is 0 Å². The van der Waals surface area contributed by atoms with Gasteiger partial charge in [0, 0.05) is 17.3 Å². The van der Waals surface area contributed by atoms with Gasteiger partial charge >= 0.3 is 0 Å². The van der Waals surface area contributed by atoms with Crippen LogP contribution in [0.1, 0.15) is 11.1 Å². The van der Waals surface area contributed by atoms with E-state index in [4.69, 9.17) is 10.5 Å². The topological polar surface area (TPSA) is 65.4 Å². The molecular weight excluding hydrogens is 296 g/mol. The first-order chi connectivity index (χ1) is 11.7. The molecule has 0 unspecified atom stereocenters. The number of hydrogen-bond acceptors (Lipinski definition) is 3. The third-order valence-corrected chi connectivity index (χ3v) is 3.70. The van der Waals surface area contributed by atoms with Crippen LogP contribution in [0.5, 0.6) is 0 Å². The molecule has 0 amide bonds. The van der Waals surface area contributed by atoms with Crippen LogP contribution in [-0.4, -0.2) is 9.78 Å². The number of nitrogens with zero attached hydrogens (tertiary/aromatic N) is 4. The number of nitriles is 2. The molecule has 4 nitrogen and oxygen atoms in total. The summed E-state index contributed by atoms with van der Waals surface area (Å²) in [5, 5.41) is 22.8. The summed E-state index contributed by atoms with van der Waals surface area (Å²) in [5.41, 5.74) is 4.53. The van der Waals surface area contributed by atoms with Crippen molar-refractivity contribution in [1.82, 2.24) is 9.78 Å². The first kappa shape index (κ1) is 15.3. The molecular formula is C20H14N4. The van der Waals surface area contributed by atoms with E-state index in [1.54, 1.807) is 10.8 Å². The number of para-hydroxylation sites is 1. The first-order valence-corrected chi connectivity index (χ1v) is 7.46. The van der Waals surface area contributed by atoms with Crippen LogP contribution in [0.15, 0.2) is 66.4 Å². The fourth-order valence-electron chi connectivity index (χ4n) is 2.50. The highest BCUT2D eigenvalue weighted by Crippen LogP contribution is 2.28. The molecule has 0 aliphatic rings. The number of aromatic nitrogens is 2. The van der Waals surface area contributed by atoms with Gasteiger partial charge in [-0.25, -0.2) is 4.68 Å². The van der Waals surface area contributed by atoms with Crippen molar-refractivity contribution >= 4 is 6.08 Å². The fourth-order valence-corrected chi connectivity index (χ4v) is 2.50. The average Bonchev–Trinajstić information content (AvgIpc) is 3.04. The Morgan fingerprint density at radius 3 is 2.33 bits per heavy atom. The van der Waals surface area contributed by atoms with Gasteiger partial charge in [0.05, 0.1) is 5.69 Å². The summed E-state index contributed by atoms with van der Waals surface area (Å²) in [6.45, 7) is 2.01. The Hall–Kier alpha value is -3.63. The maximum atomic E-state index is 9.06. The summed E-state index contributed by atoms with van der Waals surface area (Å²) in [4.78, 5) is 0. The molecule has 0 aliphatic heterocycles. The molecule has 3 rings (SSSR count). The lowest BCUT2D eigenvalue weighted by Gasteiger charge is -2.03. The van der Waals surface area contributed by atoms with Gasteiger partial charge < -0.3 is 0 Å². The van der Waals surface area contributed by atoms with Gasteiger partial charge in [-0.2, -0.15) is 15.6 Å². The van der Waals surface area contributed by atoms with E-state index in [0.717, 1.165) is 28.1 Å². The molecule has 1 heterocycles. The van der Waals surface area contributed by atoms with E-state index in [1.807, 2.05) is 79.9 Å². The van der Waals surface area contributed by atoms with E-state index in [0.29, 0.717) is 0 Å². The van der Waals surface area contributed by atoms with Crippen molar-refractivity contribution in [1.29, 1.82) is 10.5 Å². The number of hydrogen-bond donors (Lipinski definition) is 0. The van der Waals surface area contributed by atoms with Gasteiger partial charge in [0.25, 0.3) is 0 Å². The van der Waals surface area contributed by atoms with E-state index in [2.05, 4.69) is 5.10 Å². The third kappa shape index (κ3) is 2.95. The molecule has 4 heteroatoms. The van der Waals surface area contributed by atoms with Crippen LogP contribution < -0.4 is 0 Å². The molecule has 0 bridgehead atoms. The zero-order chi connectivity index (χ0) is 16.9. The fraction of sp³-hybridized carbons (Fsp3) is 0.0500. The summed E-state index contributed by atoms with van der Waals surface area (Å²) < 4.78 is 1.76. The van der Waals surface area contributed by atoms with E-state index in [9.17, 15) is 0 Å². The minimum Gasteiger partial charge on any atom is -0.240 e. The summed E-state index contributed by atoms with van der Waals surface area (Å²) in [6.07, 6.45) is 3.42. The minimum atomic E-state index is 0.0532. The molecule has 0 saturated carbocycles. The second kappa shape index (κ2) is 6.64. The summed E-state index contributed by atoms with van der Waals surface area (Å²) in [7, 11) is 0. The molecule has 3 aromatic rings. The Morgan fingerprint density at radius 2 is 1.67 bits per heavy atom. The third-order valence-electron chi connectivity index (χ3n) is 3.70. The Bertz CT molecular complexity index is 966. The number of aryl methyl sites for hydroxylation is 1. The van der Waals surface area contributed by atoms with Crippen LogP contribution in [0, 0.1) is 29.6 Å². The van der Waals surface area contributed by atoms with Crippen LogP contribution in [0.25, 0.3) is 23.0 Å². The maximum Gasteiger partial charge on any atom is 0.130 e. The van der Waals surface area contributed by atoms with Crippen LogP contribution in [0.3, 0.4) is 0 Å². The molecule has 0 saturated heterocycles. The van der Waals surface area contributed by atoms with Crippen molar-refractivity contribution in [2.24, 2.45) is 0 Å². The zero-order valence-corrected chi connectivity index (χ0v) is 13.1. The molecule has 0 fully saturated rings. The van der Waals surface area contributed by atoms with Gasteiger partial charge in [-0.1, -0.05) is 42.5 Å². The van der Waals surface area contributed by atoms with Gasteiger partial charge in [0.1, 0.15) is 23.4 Å². The van der Waals surface area contributed by atoms with E-state index >= 15 is 0 Å². The van der Waals surface area contributed by atoms with Crippen molar-refractivity contribution in [2.75, 3.05) is 0 Å². The van der Waals surface area contributed by atoms with Crippen LogP contribution in [0.2, 0.25) is 0 Å². The second-order valence-corrected chi connectivity index (χ2v) is 5.31. The quantitative estimate of drug-likeness (QED) is 0.678. The van der Waals surface area contributed by atoms with Crippen molar-refractivity contribution in [2.45, 2.75) is 6.92 Å². The monoisotopic (exact) mass is 310 g/mol. The van der Waals surface area contributed by atoms with Gasteiger partial charge in [-0.3, -0.25) is 0 Å². The average molecular weight is 310 g/mol. The molecule has 0 spiro atoms. The van der Waals surface area contributed by atoms with Crippen LogP contribution >= 0.6 is 0 Å². The van der Waals surface area contributed by atoms with E-state index in [-0.39, 0.29) is 5.57 Å². The Morgan fingerprint density at radius 1 is 1.00 bits per heavy atom. The van der Waals surface area contributed by atoms with Crippen molar-refractivity contribution < 1.29 is 0 Å². The highest BCUT2D eigenvalue weighted by molar-refractivity contribution is 5.77. The Balaban J connectivity index is 2.22. The molecule has 24 heavy (non-hydrogen) atoms. The SMILES string of the molecule is Cc1ccccc1-c1nn(-c2ccccc2)cc1C=C(C#N)C#N. The van der Waals surface area contributed by atoms with E-state index < -0.39 is 0 Å². The van der Waals surface area contributed by atoms with Crippen molar-refractivity contribution in [3.63, 3.8) is 0 Å². The number of allylic oxidation sites excluding steroid dienone is 1. The van der Waals surface area contributed by atoms with Crippen LogP contribution in [0.4, 0.5) is 0 Å². The zero-order valence-electron chi connectivity index (χ0n) is 13.1. The lowest BCUT2D eigenvalue weighted by molar-refractivity contribution is 0.884. The molecule has 1 aromatic heterocycles. The summed E-state index contributed by atoms with van der Waals surface area (Å²) in [6, 6.07) is 21.5. The Labute approximate surface area is 140 Å². The standard InChI is InChI=1S/C20H14N4/c1-15-7-5-6-10-19(15)20-17(11-16(12-21)13-22)14-24(23-20)18-8-3-2-4-9-18/h2-11,14H,1H3. The summed E-state index contributed by atoms with van der Waals surface area (Å²) in [5.74, 6) is 0.